The third-order valence-electron chi connectivity index (χ3n) is 6.28. The Bertz CT molecular complexity index is 1550. The predicted molar refractivity (Wildman–Crippen MR) is 152 cm³/mol. The molecule has 0 bridgehead atoms. The number of carbonyl (C=O) groups excluding carboxylic acids is 2. The molecule has 2 heterocycles. The molecule has 0 radical (unpaired) electrons. The van der Waals surface area contributed by atoms with Gasteiger partial charge in [-0.05, 0) is 46.9 Å². The van der Waals surface area contributed by atoms with Crippen LogP contribution in [0.4, 0.5) is 9.52 Å². The maximum Gasteiger partial charge on any atom is 0.296 e. The molecule has 0 saturated carbocycles. The Kier molecular flexibility index (Phi) is 7.99. The summed E-state index contributed by atoms with van der Waals surface area (Å²) in [4.78, 5) is 28.1. The molecule has 0 spiro atoms. The van der Waals surface area contributed by atoms with Crippen LogP contribution in [0.2, 0.25) is 0 Å². The van der Waals surface area contributed by atoms with Crippen molar-refractivity contribution in [2.24, 2.45) is 0 Å². The third-order valence-corrected chi connectivity index (χ3v) is 8.41. The smallest absolute Gasteiger partial charge is 0.296 e. The molecule has 1 atom stereocenters. The molecule has 4 aromatic rings. The topological polar surface area (TPSA) is 83.4 Å². The van der Waals surface area contributed by atoms with E-state index >= 15 is 0 Å². The number of hydrogen-bond donors (Lipinski definition) is 1. The summed E-state index contributed by atoms with van der Waals surface area (Å²) in [6.07, 6.45) is 3.86. The van der Waals surface area contributed by atoms with E-state index in [1.165, 1.54) is 46.2 Å². The van der Waals surface area contributed by atoms with E-state index in [1.807, 2.05) is 61.5 Å². The highest BCUT2D eigenvalue weighted by Gasteiger charge is 2.45. The predicted octanol–water partition coefficient (Wildman–Crippen LogP) is 6.71. The number of aromatic nitrogens is 2. The second kappa shape index (κ2) is 11.8. The molecule has 196 valence electrons. The Morgan fingerprint density at radius 2 is 1.72 bits per heavy atom. The van der Waals surface area contributed by atoms with Gasteiger partial charge in [-0.3, -0.25) is 14.5 Å². The van der Waals surface area contributed by atoms with E-state index in [2.05, 4.69) is 10.2 Å². The summed E-state index contributed by atoms with van der Waals surface area (Å²) in [5, 5.41) is 19.6. The van der Waals surface area contributed by atoms with Crippen molar-refractivity contribution in [1.29, 1.82) is 0 Å². The number of allylic oxidation sites excluding steroid dienone is 1. The maximum atomic E-state index is 13.4. The van der Waals surface area contributed by atoms with Crippen molar-refractivity contribution in [3.8, 4) is 0 Å². The summed E-state index contributed by atoms with van der Waals surface area (Å²) < 4.78 is 13.8. The molecule has 3 aromatic carbocycles. The van der Waals surface area contributed by atoms with Crippen molar-refractivity contribution < 1.29 is 19.1 Å². The van der Waals surface area contributed by atoms with Gasteiger partial charge in [0, 0.05) is 5.75 Å². The third kappa shape index (κ3) is 5.84. The van der Waals surface area contributed by atoms with Crippen LogP contribution >= 0.6 is 23.1 Å². The minimum atomic E-state index is -0.862. The average Bonchev–Trinajstić information content (AvgIpc) is 3.54. The molecular formula is C30H24FN3O3S2. The van der Waals surface area contributed by atoms with Gasteiger partial charge in [0.15, 0.2) is 15.9 Å². The van der Waals surface area contributed by atoms with Gasteiger partial charge in [-0.1, -0.05) is 103 Å². The minimum Gasteiger partial charge on any atom is -0.503 e. The lowest BCUT2D eigenvalue weighted by molar-refractivity contribution is -0.117. The SMILES string of the molecule is CCc1ccc(C2C(C(=O)/C=C/c3ccccc3)=C(O)C(=O)N2c2nnc(SCc3ccc(F)cc3)s2)cc1. The van der Waals surface area contributed by atoms with Crippen LogP contribution in [0.25, 0.3) is 6.08 Å². The molecular weight excluding hydrogens is 533 g/mol. The summed E-state index contributed by atoms with van der Waals surface area (Å²) in [7, 11) is 0. The van der Waals surface area contributed by atoms with Gasteiger partial charge >= 0.3 is 0 Å². The van der Waals surface area contributed by atoms with E-state index in [9.17, 15) is 19.1 Å². The van der Waals surface area contributed by atoms with Gasteiger partial charge in [0.05, 0.1) is 11.6 Å². The van der Waals surface area contributed by atoms with Gasteiger partial charge in [0.2, 0.25) is 5.13 Å². The number of halogens is 1. The number of carbonyl (C=O) groups is 2. The maximum absolute atomic E-state index is 13.4. The molecule has 5 rings (SSSR count). The lowest BCUT2D eigenvalue weighted by Crippen LogP contribution is -2.30. The van der Waals surface area contributed by atoms with Crippen molar-refractivity contribution in [1.82, 2.24) is 10.2 Å². The number of anilines is 1. The molecule has 9 heteroatoms. The Morgan fingerprint density at radius 1 is 1.03 bits per heavy atom. The van der Waals surface area contributed by atoms with Gasteiger partial charge < -0.3 is 5.11 Å². The largest absolute Gasteiger partial charge is 0.503 e. The number of benzene rings is 3. The van der Waals surface area contributed by atoms with Crippen LogP contribution in [0.15, 0.2) is 101 Å². The highest BCUT2D eigenvalue weighted by atomic mass is 32.2. The molecule has 1 unspecified atom stereocenters. The van der Waals surface area contributed by atoms with E-state index in [0.717, 1.165) is 23.1 Å². The standard InChI is InChI=1S/C30H24FN3O3S2/c1-2-19-8-13-22(14-9-19)26-25(24(35)17-12-20-6-4-3-5-7-20)27(36)28(37)34(26)29-32-33-30(39-29)38-18-21-10-15-23(31)16-11-21/h3-17,26,36H,2,18H2,1H3/b17-12+. The number of aryl methyl sites for hydroxylation is 1. The first kappa shape index (κ1) is 26.5. The highest BCUT2D eigenvalue weighted by Crippen LogP contribution is 2.43. The second-order valence-electron chi connectivity index (χ2n) is 8.81. The summed E-state index contributed by atoms with van der Waals surface area (Å²) in [6.45, 7) is 2.04. The molecule has 1 aliphatic rings. The van der Waals surface area contributed by atoms with Crippen LogP contribution in [-0.2, 0) is 21.8 Å². The van der Waals surface area contributed by atoms with E-state index in [-0.39, 0.29) is 16.5 Å². The Hall–Kier alpha value is -4.08. The number of hydrogen-bond acceptors (Lipinski definition) is 7. The number of nitrogens with zero attached hydrogens (tertiary/aromatic N) is 3. The van der Waals surface area contributed by atoms with E-state index in [0.29, 0.717) is 15.7 Å². The number of aliphatic hydroxyl groups excluding tert-OH is 1. The zero-order valence-corrected chi connectivity index (χ0v) is 22.6. The molecule has 1 aliphatic heterocycles. The number of aliphatic hydroxyl groups is 1. The van der Waals surface area contributed by atoms with Gasteiger partial charge in [-0.2, -0.15) is 0 Å². The summed E-state index contributed by atoms with van der Waals surface area (Å²) in [6, 6.07) is 22.3. The molecule has 39 heavy (non-hydrogen) atoms. The van der Waals surface area contributed by atoms with Crippen LogP contribution in [0.5, 0.6) is 0 Å². The molecule has 0 aliphatic carbocycles. The number of thioether (sulfide) groups is 1. The molecule has 0 fully saturated rings. The molecule has 6 nitrogen and oxygen atoms in total. The van der Waals surface area contributed by atoms with Crippen molar-refractivity contribution in [3.63, 3.8) is 0 Å². The van der Waals surface area contributed by atoms with Crippen molar-refractivity contribution in [2.45, 2.75) is 29.5 Å². The normalized spacial score (nSPS) is 15.5. The van der Waals surface area contributed by atoms with Crippen LogP contribution in [0.3, 0.4) is 0 Å². The van der Waals surface area contributed by atoms with Crippen LogP contribution < -0.4 is 4.90 Å². The van der Waals surface area contributed by atoms with Gasteiger partial charge in [0.1, 0.15) is 5.82 Å². The first-order valence-corrected chi connectivity index (χ1v) is 14.1. The summed E-state index contributed by atoms with van der Waals surface area (Å²) in [5.41, 5.74) is 3.52. The van der Waals surface area contributed by atoms with Crippen molar-refractivity contribution >= 4 is 46.0 Å². The molecule has 1 N–H and O–H groups in total. The summed E-state index contributed by atoms with van der Waals surface area (Å²) in [5.74, 6) is -1.53. The average molecular weight is 558 g/mol. The Balaban J connectivity index is 1.45. The first-order valence-electron chi connectivity index (χ1n) is 12.3. The first-order chi connectivity index (χ1) is 18.9. The molecule has 1 aromatic heterocycles. The Labute approximate surface area is 233 Å². The van der Waals surface area contributed by atoms with Gasteiger partial charge in [-0.25, -0.2) is 4.39 Å². The van der Waals surface area contributed by atoms with E-state index < -0.39 is 23.5 Å². The zero-order valence-electron chi connectivity index (χ0n) is 21.0. The van der Waals surface area contributed by atoms with E-state index in [1.54, 1.807) is 18.2 Å². The zero-order chi connectivity index (χ0) is 27.4. The fraction of sp³-hybridized carbons (Fsp3) is 0.133. The van der Waals surface area contributed by atoms with Crippen molar-refractivity contribution in [2.75, 3.05) is 4.90 Å². The van der Waals surface area contributed by atoms with Gasteiger partial charge in [0.25, 0.3) is 5.91 Å². The Morgan fingerprint density at radius 3 is 2.41 bits per heavy atom. The lowest BCUT2D eigenvalue weighted by atomic mass is 9.95. The second-order valence-corrected chi connectivity index (χ2v) is 11.0. The number of amides is 1. The quantitative estimate of drug-likeness (QED) is 0.140. The highest BCUT2D eigenvalue weighted by molar-refractivity contribution is 8.00. The fourth-order valence-electron chi connectivity index (χ4n) is 4.22. The lowest BCUT2D eigenvalue weighted by Gasteiger charge is -2.24. The number of rotatable bonds is 9. The van der Waals surface area contributed by atoms with Crippen molar-refractivity contribution in [3.05, 3.63) is 124 Å². The fourth-order valence-corrected chi connectivity index (χ4v) is 6.04. The van der Waals surface area contributed by atoms with Crippen LogP contribution in [0.1, 0.15) is 35.2 Å². The van der Waals surface area contributed by atoms with E-state index in [4.69, 9.17) is 0 Å². The number of ketones is 1. The monoisotopic (exact) mass is 557 g/mol. The minimum absolute atomic E-state index is 0.00727. The van der Waals surface area contributed by atoms with Crippen LogP contribution in [0, 0.1) is 5.82 Å². The summed E-state index contributed by atoms with van der Waals surface area (Å²) >= 11 is 2.60. The van der Waals surface area contributed by atoms with Crippen LogP contribution in [-0.4, -0.2) is 27.0 Å². The molecule has 0 saturated heterocycles. The van der Waals surface area contributed by atoms with Gasteiger partial charge in [-0.15, -0.1) is 10.2 Å². The molecule has 1 amide bonds.